The average Bonchev–Trinajstić information content (AvgIpc) is 2.55. The first-order valence-corrected chi connectivity index (χ1v) is 11.5. The van der Waals surface area contributed by atoms with Gasteiger partial charge >= 0.3 is 0 Å². The maximum absolute atomic E-state index is 14.1. The van der Waals surface area contributed by atoms with Crippen molar-refractivity contribution in [3.05, 3.63) is 24.0 Å². The molecule has 26 heavy (non-hydrogen) atoms. The molecule has 1 aliphatic heterocycles. The summed E-state index contributed by atoms with van der Waals surface area (Å²) in [6.45, 7) is 3.81. The summed E-state index contributed by atoms with van der Waals surface area (Å²) in [5.41, 5.74) is -0.301. The molecular weight excluding hydrogens is 385 g/mol. The molecule has 0 saturated carbocycles. The first kappa shape index (κ1) is 21.0. The summed E-state index contributed by atoms with van der Waals surface area (Å²) >= 11 is 0. The molecule has 0 bridgehead atoms. The Morgan fingerprint density at radius 3 is 2.31 bits per heavy atom. The smallest absolute Gasteiger partial charge is 0.243 e. The third-order valence-electron chi connectivity index (χ3n) is 4.15. The van der Waals surface area contributed by atoms with E-state index < -0.39 is 32.0 Å². The van der Waals surface area contributed by atoms with Gasteiger partial charge in [0, 0.05) is 32.7 Å². The van der Waals surface area contributed by atoms with E-state index in [4.69, 9.17) is 0 Å². The number of aliphatic hydroxyl groups excluding tert-OH is 1. The van der Waals surface area contributed by atoms with Crippen LogP contribution in [0.15, 0.2) is 23.1 Å². The van der Waals surface area contributed by atoms with Crippen molar-refractivity contribution in [2.75, 3.05) is 43.7 Å². The minimum Gasteiger partial charge on any atom is -0.392 e. The fourth-order valence-corrected chi connectivity index (χ4v) is 4.67. The molecule has 0 aliphatic carbocycles. The fraction of sp³-hybridized carbons (Fsp3) is 0.600. The number of piperazine rings is 1. The number of sulfonamides is 2. The molecule has 11 heteroatoms. The maximum atomic E-state index is 14.1. The van der Waals surface area contributed by atoms with E-state index in [0.29, 0.717) is 26.1 Å². The van der Waals surface area contributed by atoms with E-state index in [-0.39, 0.29) is 23.7 Å². The molecule has 0 aromatic heterocycles. The van der Waals surface area contributed by atoms with Gasteiger partial charge in [-0.25, -0.2) is 21.2 Å². The van der Waals surface area contributed by atoms with Gasteiger partial charge in [0.1, 0.15) is 5.82 Å². The van der Waals surface area contributed by atoms with Crippen LogP contribution < -0.4 is 4.72 Å². The van der Waals surface area contributed by atoms with E-state index in [1.54, 1.807) is 0 Å². The lowest BCUT2D eigenvalue weighted by Gasteiger charge is -2.34. The lowest BCUT2D eigenvalue weighted by atomic mass is 10.2. The van der Waals surface area contributed by atoms with E-state index in [1.165, 1.54) is 10.4 Å². The second kappa shape index (κ2) is 8.17. The number of anilines is 1. The number of hydrogen-bond acceptors (Lipinski definition) is 6. The standard InChI is InChI=1S/C15H24FN3O5S2/c1-3-12(20)11-18-6-8-19(9-7-18)26(23,24)13-4-5-15(14(16)10-13)17-25(2,21)22/h4-5,10,12,17,20H,3,6-9,11H2,1-2H3. The van der Waals surface area contributed by atoms with Crippen LogP contribution in [0.4, 0.5) is 10.1 Å². The Kier molecular flexibility index (Phi) is 6.61. The first-order chi connectivity index (χ1) is 12.0. The number of halogens is 1. The van der Waals surface area contributed by atoms with Crippen molar-refractivity contribution in [2.45, 2.75) is 24.3 Å². The van der Waals surface area contributed by atoms with Crippen LogP contribution in [0.3, 0.4) is 0 Å². The molecule has 8 nitrogen and oxygen atoms in total. The lowest BCUT2D eigenvalue weighted by Crippen LogP contribution is -2.50. The largest absolute Gasteiger partial charge is 0.392 e. The van der Waals surface area contributed by atoms with E-state index in [1.807, 2.05) is 16.5 Å². The predicted molar refractivity (Wildman–Crippen MR) is 96.4 cm³/mol. The highest BCUT2D eigenvalue weighted by molar-refractivity contribution is 7.92. The summed E-state index contributed by atoms with van der Waals surface area (Å²) < 4.78 is 65.1. The molecule has 1 aromatic rings. The van der Waals surface area contributed by atoms with E-state index in [0.717, 1.165) is 18.4 Å². The van der Waals surface area contributed by atoms with Gasteiger partial charge in [-0.05, 0) is 24.6 Å². The van der Waals surface area contributed by atoms with Crippen molar-refractivity contribution in [3.8, 4) is 0 Å². The zero-order valence-electron chi connectivity index (χ0n) is 14.7. The second-order valence-electron chi connectivity index (χ2n) is 6.28. The van der Waals surface area contributed by atoms with Gasteiger partial charge in [0.2, 0.25) is 20.0 Å². The normalized spacial score (nSPS) is 18.6. The molecule has 2 N–H and O–H groups in total. The minimum absolute atomic E-state index is 0.226. The Morgan fingerprint density at radius 2 is 1.81 bits per heavy atom. The Hall–Kier alpha value is -1.27. The SMILES string of the molecule is CCC(O)CN1CCN(S(=O)(=O)c2ccc(NS(C)(=O)=O)c(F)c2)CC1. The number of aliphatic hydroxyl groups is 1. The molecule has 1 aromatic carbocycles. The number of nitrogens with zero attached hydrogens (tertiary/aromatic N) is 2. The molecule has 0 spiro atoms. The van der Waals surface area contributed by atoms with Crippen molar-refractivity contribution in [1.29, 1.82) is 0 Å². The molecule has 2 rings (SSSR count). The van der Waals surface area contributed by atoms with Gasteiger partial charge in [0.05, 0.1) is 22.9 Å². The highest BCUT2D eigenvalue weighted by Crippen LogP contribution is 2.23. The van der Waals surface area contributed by atoms with Crippen molar-refractivity contribution in [2.24, 2.45) is 0 Å². The van der Waals surface area contributed by atoms with Crippen molar-refractivity contribution in [3.63, 3.8) is 0 Å². The van der Waals surface area contributed by atoms with Crippen molar-refractivity contribution in [1.82, 2.24) is 9.21 Å². The van der Waals surface area contributed by atoms with E-state index in [2.05, 4.69) is 0 Å². The lowest BCUT2D eigenvalue weighted by molar-refractivity contribution is 0.0896. The van der Waals surface area contributed by atoms with Crippen LogP contribution in [0.5, 0.6) is 0 Å². The average molecular weight is 410 g/mol. The van der Waals surface area contributed by atoms with Crippen LogP contribution in [0.2, 0.25) is 0 Å². The van der Waals surface area contributed by atoms with Gasteiger partial charge in [0.25, 0.3) is 0 Å². The molecule has 0 amide bonds. The summed E-state index contributed by atoms with van der Waals surface area (Å²) in [5.74, 6) is -0.957. The van der Waals surface area contributed by atoms with Crippen LogP contribution in [0.25, 0.3) is 0 Å². The Balaban J connectivity index is 2.10. The topological polar surface area (TPSA) is 107 Å². The van der Waals surface area contributed by atoms with Gasteiger partial charge in [-0.2, -0.15) is 4.31 Å². The highest BCUT2D eigenvalue weighted by Gasteiger charge is 2.29. The van der Waals surface area contributed by atoms with Crippen molar-refractivity contribution < 1.29 is 26.3 Å². The number of β-amino-alcohol motifs (C(OH)–C–C–N with tert-alkyl or cyclic N) is 1. The molecule has 1 aliphatic rings. The number of benzene rings is 1. The van der Waals surface area contributed by atoms with Gasteiger partial charge < -0.3 is 5.11 Å². The van der Waals surface area contributed by atoms with Crippen LogP contribution in [0, 0.1) is 5.82 Å². The summed E-state index contributed by atoms with van der Waals surface area (Å²) in [6, 6.07) is 3.09. The number of hydrogen-bond donors (Lipinski definition) is 2. The van der Waals surface area contributed by atoms with Crippen LogP contribution in [-0.2, 0) is 20.0 Å². The highest BCUT2D eigenvalue weighted by atomic mass is 32.2. The number of rotatable bonds is 7. The third-order valence-corrected chi connectivity index (χ3v) is 6.63. The van der Waals surface area contributed by atoms with Gasteiger partial charge in [-0.1, -0.05) is 6.92 Å². The monoisotopic (exact) mass is 409 g/mol. The van der Waals surface area contributed by atoms with Gasteiger partial charge in [-0.15, -0.1) is 0 Å². The molecule has 148 valence electrons. The molecule has 1 unspecified atom stereocenters. The zero-order chi connectivity index (χ0) is 19.5. The molecular formula is C15H24FN3O5S2. The van der Waals surface area contributed by atoms with Crippen LogP contribution in [0.1, 0.15) is 13.3 Å². The third kappa shape index (κ3) is 5.36. The summed E-state index contributed by atoms with van der Waals surface area (Å²) in [7, 11) is -7.54. The van der Waals surface area contributed by atoms with E-state index >= 15 is 0 Å². The van der Waals surface area contributed by atoms with Crippen LogP contribution in [-0.4, -0.2) is 76.2 Å². The van der Waals surface area contributed by atoms with Gasteiger partial charge in [-0.3, -0.25) is 9.62 Å². The Bertz CT molecular complexity index is 837. The zero-order valence-corrected chi connectivity index (χ0v) is 16.4. The second-order valence-corrected chi connectivity index (χ2v) is 9.97. The molecule has 1 heterocycles. The van der Waals surface area contributed by atoms with E-state index in [9.17, 15) is 26.3 Å². The molecule has 1 saturated heterocycles. The Labute approximate surface area is 153 Å². The Morgan fingerprint density at radius 1 is 1.19 bits per heavy atom. The summed E-state index contributed by atoms with van der Waals surface area (Å²) in [4.78, 5) is 1.76. The van der Waals surface area contributed by atoms with Crippen LogP contribution >= 0.6 is 0 Å². The minimum atomic E-state index is -3.88. The molecule has 1 fully saturated rings. The summed E-state index contributed by atoms with van der Waals surface area (Å²) in [6.07, 6.45) is 1.07. The predicted octanol–water partition coefficient (Wildman–Crippen LogP) is 0.274. The fourth-order valence-electron chi connectivity index (χ4n) is 2.67. The quantitative estimate of drug-likeness (QED) is 0.670. The maximum Gasteiger partial charge on any atom is 0.243 e. The van der Waals surface area contributed by atoms with Gasteiger partial charge in [0.15, 0.2) is 0 Å². The first-order valence-electron chi connectivity index (χ1n) is 8.21. The summed E-state index contributed by atoms with van der Waals surface area (Å²) in [5, 5.41) is 9.69. The molecule has 1 atom stereocenters. The number of nitrogens with one attached hydrogen (secondary N) is 1. The van der Waals surface area contributed by atoms with Crippen molar-refractivity contribution >= 4 is 25.7 Å². The molecule has 0 radical (unpaired) electrons.